The summed E-state index contributed by atoms with van der Waals surface area (Å²) in [4.78, 5) is 3.80. The van der Waals surface area contributed by atoms with Crippen molar-refractivity contribution in [2.75, 3.05) is 25.9 Å². The van der Waals surface area contributed by atoms with Crippen molar-refractivity contribution in [2.45, 2.75) is 24.4 Å². The number of nitrogens with one attached hydrogen (secondary N) is 1. The summed E-state index contributed by atoms with van der Waals surface area (Å²) < 4.78 is 0. The molecule has 3 heteroatoms. The number of hydrogen-bond donors (Lipinski definition) is 1. The first-order valence-electron chi connectivity index (χ1n) is 5.92. The Bertz CT molecular complexity index is 319. The zero-order chi connectivity index (χ0) is 11.4. The molecule has 0 bridgehead atoms. The highest BCUT2D eigenvalue weighted by Gasteiger charge is 2.20. The molecule has 0 aliphatic carbocycles. The summed E-state index contributed by atoms with van der Waals surface area (Å²) in [5.74, 6) is 1.15. The number of nitrogens with zero attached hydrogens (tertiary/aromatic N) is 1. The third kappa shape index (κ3) is 3.00. The Morgan fingerprint density at radius 3 is 2.50 bits per heavy atom. The van der Waals surface area contributed by atoms with Gasteiger partial charge in [-0.05, 0) is 30.5 Å². The highest BCUT2D eigenvalue weighted by atomic mass is 32.2. The van der Waals surface area contributed by atoms with Gasteiger partial charge in [0.05, 0.1) is 0 Å². The lowest BCUT2D eigenvalue weighted by Gasteiger charge is -2.35. The predicted molar refractivity (Wildman–Crippen MR) is 71.0 cm³/mol. The minimum atomic E-state index is 0.727. The highest BCUT2D eigenvalue weighted by molar-refractivity contribution is 7.99. The van der Waals surface area contributed by atoms with Crippen LogP contribution in [-0.4, -0.2) is 36.8 Å². The van der Waals surface area contributed by atoms with Gasteiger partial charge in [0.2, 0.25) is 0 Å². The molecule has 1 heterocycles. The first kappa shape index (κ1) is 12.0. The second kappa shape index (κ2) is 5.71. The fraction of sp³-hybridized carbons (Fsp3) is 0.538. The molecular weight excluding hydrogens is 216 g/mol. The van der Waals surface area contributed by atoms with E-state index >= 15 is 0 Å². The molecule has 1 aromatic carbocycles. The van der Waals surface area contributed by atoms with Crippen molar-refractivity contribution < 1.29 is 0 Å². The van der Waals surface area contributed by atoms with Crippen molar-refractivity contribution in [1.29, 1.82) is 0 Å². The summed E-state index contributed by atoms with van der Waals surface area (Å²) in [6.07, 6.45) is 0. The molecule has 2 rings (SSSR count). The molecule has 0 unspecified atom stereocenters. The maximum Gasteiger partial charge on any atom is 0.0345 e. The van der Waals surface area contributed by atoms with E-state index in [1.807, 2.05) is 11.8 Å². The van der Waals surface area contributed by atoms with Gasteiger partial charge in [-0.3, -0.25) is 4.90 Å². The lowest BCUT2D eigenvalue weighted by atomic mass is 10.1. The van der Waals surface area contributed by atoms with Crippen LogP contribution in [0.25, 0.3) is 0 Å². The van der Waals surface area contributed by atoms with E-state index in [4.69, 9.17) is 0 Å². The summed E-state index contributed by atoms with van der Waals surface area (Å²) in [5, 5.41) is 3.31. The average molecular weight is 236 g/mol. The van der Waals surface area contributed by atoms with Crippen LogP contribution in [0, 0.1) is 0 Å². The molecule has 0 aromatic heterocycles. The van der Waals surface area contributed by atoms with Crippen LogP contribution in [0.5, 0.6) is 0 Å². The lowest BCUT2D eigenvalue weighted by molar-refractivity contribution is 0.173. The van der Waals surface area contributed by atoms with Gasteiger partial charge in [0.1, 0.15) is 0 Å². The third-order valence-electron chi connectivity index (χ3n) is 3.05. The molecule has 0 radical (unpaired) electrons. The minimum absolute atomic E-state index is 0.727. The smallest absolute Gasteiger partial charge is 0.0345 e. The number of hydrogen-bond acceptors (Lipinski definition) is 3. The summed E-state index contributed by atoms with van der Waals surface area (Å²) >= 11 is 1.90. The molecule has 1 aliphatic rings. The van der Waals surface area contributed by atoms with E-state index in [9.17, 15) is 0 Å². The molecule has 0 saturated carbocycles. The van der Waals surface area contributed by atoms with Crippen molar-refractivity contribution in [3.05, 3.63) is 29.8 Å². The van der Waals surface area contributed by atoms with Crippen LogP contribution in [0.4, 0.5) is 0 Å². The van der Waals surface area contributed by atoms with Crippen LogP contribution < -0.4 is 5.32 Å². The van der Waals surface area contributed by atoms with E-state index in [0.29, 0.717) is 0 Å². The Morgan fingerprint density at radius 2 is 2.00 bits per heavy atom. The molecule has 0 amide bonds. The van der Waals surface area contributed by atoms with Crippen molar-refractivity contribution in [3.63, 3.8) is 0 Å². The zero-order valence-electron chi connectivity index (χ0n) is 10.1. The number of rotatable bonds is 5. The molecule has 1 saturated heterocycles. The Kier molecular flexibility index (Phi) is 4.27. The molecule has 16 heavy (non-hydrogen) atoms. The standard InChI is InChI=1S/C13H20N2S/c1-3-16-13-6-4-11(5-7-13)10-15(2)12-8-14-9-12/h4-7,12,14H,3,8-10H2,1-2H3. The first-order chi connectivity index (χ1) is 7.79. The molecule has 1 aliphatic heterocycles. The number of likely N-dealkylation sites (N-methyl/N-ethyl adjacent to an activating group) is 1. The monoisotopic (exact) mass is 236 g/mol. The Hall–Kier alpha value is -0.510. The van der Waals surface area contributed by atoms with Crippen LogP contribution in [0.2, 0.25) is 0 Å². The molecular formula is C13H20N2S. The van der Waals surface area contributed by atoms with Crippen molar-refractivity contribution in [3.8, 4) is 0 Å². The van der Waals surface area contributed by atoms with Crippen LogP contribution in [0.1, 0.15) is 12.5 Å². The van der Waals surface area contributed by atoms with E-state index in [1.165, 1.54) is 10.5 Å². The molecule has 1 fully saturated rings. The second-order valence-corrected chi connectivity index (χ2v) is 5.64. The lowest BCUT2D eigenvalue weighted by Crippen LogP contribution is -2.55. The fourth-order valence-corrected chi connectivity index (χ4v) is 2.52. The summed E-state index contributed by atoms with van der Waals surface area (Å²) in [5.41, 5.74) is 1.41. The molecule has 88 valence electrons. The van der Waals surface area contributed by atoms with Gasteiger partial charge in [-0.1, -0.05) is 19.1 Å². The van der Waals surface area contributed by atoms with E-state index in [1.54, 1.807) is 0 Å². The Morgan fingerprint density at radius 1 is 1.31 bits per heavy atom. The van der Waals surface area contributed by atoms with Gasteiger partial charge in [-0.2, -0.15) is 0 Å². The van der Waals surface area contributed by atoms with Gasteiger partial charge >= 0.3 is 0 Å². The van der Waals surface area contributed by atoms with Crippen LogP contribution in [0.3, 0.4) is 0 Å². The van der Waals surface area contributed by atoms with E-state index in [2.05, 4.69) is 48.5 Å². The van der Waals surface area contributed by atoms with Crippen LogP contribution >= 0.6 is 11.8 Å². The van der Waals surface area contributed by atoms with Crippen molar-refractivity contribution in [1.82, 2.24) is 10.2 Å². The van der Waals surface area contributed by atoms with E-state index in [-0.39, 0.29) is 0 Å². The second-order valence-electron chi connectivity index (χ2n) is 4.30. The maximum atomic E-state index is 3.31. The van der Waals surface area contributed by atoms with E-state index in [0.717, 1.165) is 31.4 Å². The van der Waals surface area contributed by atoms with Gasteiger partial charge in [0, 0.05) is 30.6 Å². The summed E-state index contributed by atoms with van der Waals surface area (Å²) in [6, 6.07) is 9.69. The van der Waals surface area contributed by atoms with Crippen molar-refractivity contribution in [2.24, 2.45) is 0 Å². The fourth-order valence-electron chi connectivity index (χ4n) is 1.86. The first-order valence-corrected chi connectivity index (χ1v) is 6.91. The minimum Gasteiger partial charge on any atom is -0.314 e. The molecule has 1 aromatic rings. The maximum absolute atomic E-state index is 3.31. The molecule has 2 nitrogen and oxygen atoms in total. The van der Waals surface area contributed by atoms with Gasteiger partial charge in [-0.15, -0.1) is 11.8 Å². The normalized spacial score (nSPS) is 16.4. The Labute approximate surface area is 102 Å². The van der Waals surface area contributed by atoms with Gasteiger partial charge < -0.3 is 5.32 Å². The largest absolute Gasteiger partial charge is 0.314 e. The molecule has 0 spiro atoms. The summed E-state index contributed by atoms with van der Waals surface area (Å²) in [6.45, 7) is 5.53. The van der Waals surface area contributed by atoms with Gasteiger partial charge in [-0.25, -0.2) is 0 Å². The summed E-state index contributed by atoms with van der Waals surface area (Å²) in [7, 11) is 2.21. The van der Waals surface area contributed by atoms with E-state index < -0.39 is 0 Å². The highest BCUT2D eigenvalue weighted by Crippen LogP contribution is 2.18. The topological polar surface area (TPSA) is 15.3 Å². The van der Waals surface area contributed by atoms with Crippen LogP contribution in [-0.2, 0) is 6.54 Å². The number of thioether (sulfide) groups is 1. The quantitative estimate of drug-likeness (QED) is 0.789. The van der Waals surface area contributed by atoms with Gasteiger partial charge in [0.15, 0.2) is 0 Å². The Balaban J connectivity index is 1.88. The molecule has 0 atom stereocenters. The average Bonchev–Trinajstić information content (AvgIpc) is 2.18. The number of benzene rings is 1. The predicted octanol–water partition coefficient (Wildman–Crippen LogP) is 2.20. The van der Waals surface area contributed by atoms with Gasteiger partial charge in [0.25, 0.3) is 0 Å². The van der Waals surface area contributed by atoms with Crippen molar-refractivity contribution >= 4 is 11.8 Å². The third-order valence-corrected chi connectivity index (χ3v) is 3.94. The molecule has 1 N–H and O–H groups in total. The zero-order valence-corrected chi connectivity index (χ0v) is 10.9. The SMILES string of the molecule is CCSc1ccc(CN(C)C2CNC2)cc1. The van der Waals surface area contributed by atoms with Crippen LogP contribution in [0.15, 0.2) is 29.2 Å².